The number of non-ortho nitro benzene ring substituents is 1. The minimum absolute atomic E-state index is 0.0122. The van der Waals surface area contributed by atoms with Crippen molar-refractivity contribution in [3.05, 3.63) is 112 Å². The van der Waals surface area contributed by atoms with E-state index >= 15 is 0 Å². The molecule has 7 heteroatoms. The lowest BCUT2D eigenvalue weighted by Crippen LogP contribution is -2.29. The summed E-state index contributed by atoms with van der Waals surface area (Å²) in [6, 6.07) is 25.9. The van der Waals surface area contributed by atoms with Gasteiger partial charge in [-0.25, -0.2) is 5.01 Å². The van der Waals surface area contributed by atoms with E-state index in [9.17, 15) is 14.9 Å². The van der Waals surface area contributed by atoms with Gasteiger partial charge in [-0.3, -0.25) is 19.8 Å². The quantitative estimate of drug-likeness (QED) is 0.341. The van der Waals surface area contributed by atoms with Gasteiger partial charge < -0.3 is 0 Å². The van der Waals surface area contributed by atoms with Crippen LogP contribution >= 0.6 is 0 Å². The van der Waals surface area contributed by atoms with Gasteiger partial charge in [0, 0.05) is 18.7 Å². The molecule has 0 aliphatic carbocycles. The summed E-state index contributed by atoms with van der Waals surface area (Å²) in [7, 11) is 0. The lowest BCUT2D eigenvalue weighted by molar-refractivity contribution is -0.384. The van der Waals surface area contributed by atoms with E-state index in [-0.39, 0.29) is 18.1 Å². The standard InChI is InChI=1S/C24H22N4O3/c1-18(20-10-6-3-7-11-20)25-27-23(29)17-26(16-19-8-4-2-5-9-19)24(27)21-12-14-22(15-13-21)28(30)31/h2-15,24H,16-17H2,1H3/b25-18+. The Morgan fingerprint density at radius 2 is 1.61 bits per heavy atom. The normalized spacial score (nSPS) is 17.2. The van der Waals surface area contributed by atoms with E-state index < -0.39 is 11.1 Å². The van der Waals surface area contributed by atoms with Crippen LogP contribution < -0.4 is 0 Å². The fourth-order valence-electron chi connectivity index (χ4n) is 3.71. The first kappa shape index (κ1) is 20.4. The Morgan fingerprint density at radius 1 is 1.00 bits per heavy atom. The zero-order valence-electron chi connectivity index (χ0n) is 17.1. The molecule has 1 aliphatic rings. The summed E-state index contributed by atoms with van der Waals surface area (Å²) in [6.07, 6.45) is -0.452. The molecule has 3 aromatic carbocycles. The SMILES string of the molecule is C/C(=N\N1C(=O)CN(Cc2ccccc2)C1c1ccc([N+](=O)[O-])cc1)c1ccccc1. The number of nitro benzene ring substituents is 1. The summed E-state index contributed by atoms with van der Waals surface area (Å²) in [6.45, 7) is 2.64. The van der Waals surface area contributed by atoms with Crippen LogP contribution in [0.2, 0.25) is 0 Å². The number of hydrogen-bond donors (Lipinski definition) is 0. The van der Waals surface area contributed by atoms with E-state index in [0.717, 1.165) is 22.4 Å². The molecule has 7 nitrogen and oxygen atoms in total. The molecule has 1 fully saturated rings. The van der Waals surface area contributed by atoms with E-state index in [2.05, 4.69) is 5.10 Å². The van der Waals surface area contributed by atoms with E-state index in [1.807, 2.05) is 72.5 Å². The number of nitrogens with zero attached hydrogens (tertiary/aromatic N) is 4. The monoisotopic (exact) mass is 414 g/mol. The number of nitro groups is 1. The van der Waals surface area contributed by atoms with E-state index in [0.29, 0.717) is 6.54 Å². The summed E-state index contributed by atoms with van der Waals surface area (Å²) in [5.74, 6) is -0.116. The number of rotatable bonds is 6. The topological polar surface area (TPSA) is 79.0 Å². The highest BCUT2D eigenvalue weighted by molar-refractivity contribution is 5.99. The third-order valence-electron chi connectivity index (χ3n) is 5.25. The molecule has 1 unspecified atom stereocenters. The van der Waals surface area contributed by atoms with Crippen molar-refractivity contribution in [2.75, 3.05) is 6.54 Å². The molecule has 1 aliphatic heterocycles. The fourth-order valence-corrected chi connectivity index (χ4v) is 3.71. The van der Waals surface area contributed by atoms with E-state index in [1.165, 1.54) is 17.1 Å². The Labute approximate surface area is 180 Å². The van der Waals surface area contributed by atoms with Crippen LogP contribution in [0.3, 0.4) is 0 Å². The number of benzene rings is 3. The average molecular weight is 414 g/mol. The molecule has 4 rings (SSSR count). The molecule has 1 heterocycles. The number of amides is 1. The first-order valence-corrected chi connectivity index (χ1v) is 9.98. The van der Waals surface area contributed by atoms with Crippen LogP contribution in [0, 0.1) is 10.1 Å². The molecule has 1 saturated heterocycles. The third-order valence-corrected chi connectivity index (χ3v) is 5.25. The Hall–Kier alpha value is -3.84. The number of carbonyl (C=O) groups is 1. The lowest BCUT2D eigenvalue weighted by Gasteiger charge is -2.28. The zero-order chi connectivity index (χ0) is 21.8. The number of carbonyl (C=O) groups excluding carboxylic acids is 1. The molecule has 0 bridgehead atoms. The van der Waals surface area contributed by atoms with Gasteiger partial charge in [0.25, 0.3) is 11.6 Å². The van der Waals surface area contributed by atoms with E-state index in [4.69, 9.17) is 0 Å². The van der Waals surface area contributed by atoms with Crippen molar-refractivity contribution in [3.8, 4) is 0 Å². The van der Waals surface area contributed by atoms with Crippen molar-refractivity contribution >= 4 is 17.3 Å². The second-order valence-electron chi connectivity index (χ2n) is 7.40. The highest BCUT2D eigenvalue weighted by Gasteiger charge is 2.39. The van der Waals surface area contributed by atoms with Gasteiger partial charge in [-0.2, -0.15) is 5.10 Å². The summed E-state index contributed by atoms with van der Waals surface area (Å²) in [5, 5.41) is 17.2. The summed E-state index contributed by atoms with van der Waals surface area (Å²) < 4.78 is 0. The minimum Gasteiger partial charge on any atom is -0.271 e. The summed E-state index contributed by atoms with van der Waals surface area (Å²) in [4.78, 5) is 25.6. The van der Waals surface area contributed by atoms with Gasteiger partial charge in [-0.15, -0.1) is 0 Å². The Morgan fingerprint density at radius 3 is 2.23 bits per heavy atom. The van der Waals surface area contributed by atoms with Gasteiger partial charge in [-0.1, -0.05) is 60.7 Å². The van der Waals surface area contributed by atoms with Crippen molar-refractivity contribution in [1.29, 1.82) is 0 Å². The van der Waals surface area contributed by atoms with E-state index in [1.54, 1.807) is 12.1 Å². The van der Waals surface area contributed by atoms with Crippen LogP contribution in [0.1, 0.15) is 29.8 Å². The van der Waals surface area contributed by atoms with Crippen molar-refractivity contribution in [3.63, 3.8) is 0 Å². The first-order chi connectivity index (χ1) is 15.0. The zero-order valence-corrected chi connectivity index (χ0v) is 17.1. The first-order valence-electron chi connectivity index (χ1n) is 9.98. The summed E-state index contributed by atoms with van der Waals surface area (Å²) in [5.41, 5.74) is 3.52. The van der Waals surface area contributed by atoms with Crippen molar-refractivity contribution < 1.29 is 9.72 Å². The fraction of sp³-hybridized carbons (Fsp3) is 0.167. The average Bonchev–Trinajstić information content (AvgIpc) is 3.09. The number of hydrogen-bond acceptors (Lipinski definition) is 5. The predicted octanol–water partition coefficient (Wildman–Crippen LogP) is 4.36. The van der Waals surface area contributed by atoms with Crippen LogP contribution in [0.4, 0.5) is 5.69 Å². The maximum Gasteiger partial charge on any atom is 0.269 e. The van der Waals surface area contributed by atoms with Gasteiger partial charge in [0.15, 0.2) is 0 Å². The predicted molar refractivity (Wildman–Crippen MR) is 118 cm³/mol. The van der Waals surface area contributed by atoms with Gasteiger partial charge in [0.1, 0.15) is 6.17 Å². The second kappa shape index (κ2) is 8.89. The molecular weight excluding hydrogens is 392 g/mol. The van der Waals surface area contributed by atoms with Crippen molar-refractivity contribution in [2.24, 2.45) is 5.10 Å². The molecule has 0 saturated carbocycles. The Balaban J connectivity index is 1.71. The molecule has 0 N–H and O–H groups in total. The highest BCUT2D eigenvalue weighted by Crippen LogP contribution is 2.33. The van der Waals surface area contributed by atoms with Crippen LogP contribution in [-0.2, 0) is 11.3 Å². The van der Waals surface area contributed by atoms with Gasteiger partial charge in [0.2, 0.25) is 0 Å². The minimum atomic E-state index is -0.452. The smallest absolute Gasteiger partial charge is 0.269 e. The highest BCUT2D eigenvalue weighted by atomic mass is 16.6. The molecule has 3 aromatic rings. The Kier molecular flexibility index (Phi) is 5.86. The molecule has 0 radical (unpaired) electrons. The number of hydrazone groups is 1. The van der Waals surface area contributed by atoms with Crippen molar-refractivity contribution in [1.82, 2.24) is 9.91 Å². The Bertz CT molecular complexity index is 1100. The maximum absolute atomic E-state index is 13.0. The van der Waals surface area contributed by atoms with Crippen molar-refractivity contribution in [2.45, 2.75) is 19.6 Å². The molecule has 156 valence electrons. The van der Waals surface area contributed by atoms with Gasteiger partial charge >= 0.3 is 0 Å². The molecule has 0 aromatic heterocycles. The largest absolute Gasteiger partial charge is 0.271 e. The maximum atomic E-state index is 13.0. The molecule has 1 amide bonds. The lowest BCUT2D eigenvalue weighted by atomic mass is 10.1. The second-order valence-corrected chi connectivity index (χ2v) is 7.40. The molecular formula is C24H22N4O3. The van der Waals surface area contributed by atoms with Crippen LogP contribution in [0.25, 0.3) is 0 Å². The van der Waals surface area contributed by atoms with Gasteiger partial charge in [-0.05, 0) is 35.7 Å². The molecule has 31 heavy (non-hydrogen) atoms. The molecule has 1 atom stereocenters. The summed E-state index contributed by atoms with van der Waals surface area (Å²) >= 11 is 0. The molecule has 0 spiro atoms. The third kappa shape index (κ3) is 4.51. The van der Waals surface area contributed by atoms with Crippen LogP contribution in [0.15, 0.2) is 90.0 Å². The van der Waals surface area contributed by atoms with Crippen LogP contribution in [-0.4, -0.2) is 33.0 Å². The van der Waals surface area contributed by atoms with Crippen LogP contribution in [0.5, 0.6) is 0 Å². The van der Waals surface area contributed by atoms with Gasteiger partial charge in [0.05, 0.1) is 17.2 Å².